The zero-order valence-corrected chi connectivity index (χ0v) is 23.4. The number of β-amino-alcohol motifs (C(OH)–C–C–N with tert-alkyl or cyclic N) is 1. The molecule has 2 heterocycles. The Labute approximate surface area is 234 Å². The van der Waals surface area contributed by atoms with Crippen molar-refractivity contribution in [2.45, 2.75) is 39.8 Å². The third-order valence-electron chi connectivity index (χ3n) is 6.87. The van der Waals surface area contributed by atoms with E-state index in [-0.39, 0.29) is 30.7 Å². The normalized spacial score (nSPS) is 15.4. The van der Waals surface area contributed by atoms with Crippen LogP contribution in [0.2, 0.25) is 0 Å². The van der Waals surface area contributed by atoms with Gasteiger partial charge in [0.05, 0.1) is 24.5 Å². The van der Waals surface area contributed by atoms with Gasteiger partial charge in [0.1, 0.15) is 30.1 Å². The van der Waals surface area contributed by atoms with E-state index in [9.17, 15) is 18.7 Å². The minimum absolute atomic E-state index is 0.0805. The number of aliphatic hydroxyl groups is 1. The summed E-state index contributed by atoms with van der Waals surface area (Å²) in [5.41, 5.74) is 3.35. The Kier molecular flexibility index (Phi) is 10.2. The summed E-state index contributed by atoms with van der Waals surface area (Å²) in [6.07, 6.45) is 0.116. The number of aryl methyl sites for hydroxylation is 1. The van der Waals surface area contributed by atoms with E-state index < -0.39 is 6.10 Å². The Hall–Kier alpha value is -3.34. The molecule has 10 heteroatoms. The molecule has 1 amide bonds. The van der Waals surface area contributed by atoms with E-state index >= 15 is 0 Å². The number of hydrogen-bond acceptors (Lipinski definition) is 6. The zero-order chi connectivity index (χ0) is 28.6. The SMILES string of the molecule is Cc1ccc(F)cc1-n1nc(CNC(=O)CN2CCN(CC(O)COc3ccc(F)cc3)CC2)cc1CC(C)C. The molecule has 1 aliphatic heterocycles. The van der Waals surface area contributed by atoms with Crippen LogP contribution in [-0.4, -0.2) is 82.6 Å². The Morgan fingerprint density at radius 2 is 1.70 bits per heavy atom. The van der Waals surface area contributed by atoms with Crippen molar-refractivity contribution in [3.05, 3.63) is 77.1 Å². The number of amides is 1. The molecule has 0 aliphatic carbocycles. The first-order chi connectivity index (χ1) is 19.2. The van der Waals surface area contributed by atoms with E-state index in [4.69, 9.17) is 9.84 Å². The second-order valence-electron chi connectivity index (χ2n) is 10.8. The molecule has 1 unspecified atom stereocenters. The second kappa shape index (κ2) is 13.8. The Morgan fingerprint density at radius 1 is 1.02 bits per heavy atom. The van der Waals surface area contributed by atoms with E-state index in [2.05, 4.69) is 29.0 Å². The van der Waals surface area contributed by atoms with Crippen molar-refractivity contribution in [1.29, 1.82) is 0 Å². The predicted octanol–water partition coefficient (Wildman–Crippen LogP) is 3.33. The van der Waals surface area contributed by atoms with E-state index in [1.54, 1.807) is 10.7 Å². The maximum atomic E-state index is 14.0. The highest BCUT2D eigenvalue weighted by molar-refractivity contribution is 5.78. The molecule has 4 rings (SSSR count). The van der Waals surface area contributed by atoms with E-state index in [0.29, 0.717) is 43.5 Å². The summed E-state index contributed by atoms with van der Waals surface area (Å²) in [4.78, 5) is 16.9. The molecule has 1 atom stereocenters. The number of rotatable bonds is 12. The highest BCUT2D eigenvalue weighted by Gasteiger charge is 2.21. The summed E-state index contributed by atoms with van der Waals surface area (Å²) in [7, 11) is 0. The van der Waals surface area contributed by atoms with Gasteiger partial charge in [0.15, 0.2) is 0 Å². The first kappa shape index (κ1) is 29.6. The number of ether oxygens (including phenoxy) is 1. The first-order valence-electron chi connectivity index (χ1n) is 13.8. The quantitative estimate of drug-likeness (QED) is 0.357. The van der Waals surface area contributed by atoms with Crippen LogP contribution in [0.15, 0.2) is 48.5 Å². The maximum absolute atomic E-state index is 14.0. The number of piperazine rings is 1. The average molecular weight is 556 g/mol. The van der Waals surface area contributed by atoms with Crippen LogP contribution in [0.4, 0.5) is 8.78 Å². The lowest BCUT2D eigenvalue weighted by molar-refractivity contribution is -0.122. The van der Waals surface area contributed by atoms with Gasteiger partial charge in [-0.15, -0.1) is 0 Å². The molecular formula is C30H39F2N5O3. The van der Waals surface area contributed by atoms with Gasteiger partial charge in [-0.2, -0.15) is 5.10 Å². The molecule has 0 spiro atoms. The van der Waals surface area contributed by atoms with Crippen LogP contribution in [0.25, 0.3) is 5.69 Å². The van der Waals surface area contributed by atoms with Crippen LogP contribution in [-0.2, 0) is 17.8 Å². The predicted molar refractivity (Wildman–Crippen MR) is 149 cm³/mol. The van der Waals surface area contributed by atoms with Crippen molar-refractivity contribution >= 4 is 5.91 Å². The lowest BCUT2D eigenvalue weighted by Gasteiger charge is -2.35. The van der Waals surface area contributed by atoms with Crippen molar-refractivity contribution in [3.63, 3.8) is 0 Å². The topological polar surface area (TPSA) is 82.9 Å². The minimum atomic E-state index is -0.670. The summed E-state index contributed by atoms with van der Waals surface area (Å²) in [6, 6.07) is 12.4. The largest absolute Gasteiger partial charge is 0.491 e. The molecule has 0 radical (unpaired) electrons. The summed E-state index contributed by atoms with van der Waals surface area (Å²) in [6.45, 7) is 10.2. The number of carbonyl (C=O) groups excluding carboxylic acids is 1. The van der Waals surface area contributed by atoms with Crippen LogP contribution in [0.3, 0.4) is 0 Å². The van der Waals surface area contributed by atoms with Gasteiger partial charge < -0.3 is 15.2 Å². The smallest absolute Gasteiger partial charge is 0.234 e. The molecule has 8 nitrogen and oxygen atoms in total. The summed E-state index contributed by atoms with van der Waals surface area (Å²) in [5, 5.41) is 18.0. The monoisotopic (exact) mass is 555 g/mol. The van der Waals surface area contributed by atoms with Gasteiger partial charge >= 0.3 is 0 Å². The standard InChI is InChI=1S/C30H39F2N5O3/c1-21(2)14-26-16-25(34-37(26)29-15-24(32)5-4-22(29)3)17-33-30(39)19-36-12-10-35(11-13-36)18-27(38)20-40-28-8-6-23(31)7-9-28/h4-9,15-16,21,27,38H,10-14,17-20H2,1-3H3,(H,33,39). The molecule has 2 aromatic carbocycles. The van der Waals surface area contributed by atoms with E-state index in [0.717, 1.165) is 36.5 Å². The third-order valence-corrected chi connectivity index (χ3v) is 6.87. The number of benzene rings is 2. The molecule has 40 heavy (non-hydrogen) atoms. The van der Waals surface area contributed by atoms with Gasteiger partial charge in [0.25, 0.3) is 0 Å². The van der Waals surface area contributed by atoms with Gasteiger partial charge in [-0.3, -0.25) is 14.6 Å². The molecule has 0 saturated carbocycles. The lowest BCUT2D eigenvalue weighted by Crippen LogP contribution is -2.51. The minimum Gasteiger partial charge on any atom is -0.491 e. The zero-order valence-electron chi connectivity index (χ0n) is 23.4. The Bertz CT molecular complexity index is 1260. The fourth-order valence-electron chi connectivity index (χ4n) is 4.80. The highest BCUT2D eigenvalue weighted by Crippen LogP contribution is 2.20. The van der Waals surface area contributed by atoms with Gasteiger partial charge in [-0.25, -0.2) is 13.5 Å². The van der Waals surface area contributed by atoms with Gasteiger partial charge in [-0.05, 0) is 67.3 Å². The highest BCUT2D eigenvalue weighted by atomic mass is 19.1. The van der Waals surface area contributed by atoms with Crippen LogP contribution in [0.5, 0.6) is 5.75 Å². The molecule has 0 bridgehead atoms. The van der Waals surface area contributed by atoms with E-state index in [1.165, 1.54) is 36.4 Å². The molecule has 1 aromatic heterocycles. The average Bonchev–Trinajstić information content (AvgIpc) is 3.31. The summed E-state index contributed by atoms with van der Waals surface area (Å²) in [5.74, 6) is 0.191. The number of nitrogens with zero attached hydrogens (tertiary/aromatic N) is 4. The summed E-state index contributed by atoms with van der Waals surface area (Å²) < 4.78 is 34.3. The van der Waals surface area contributed by atoms with Gasteiger partial charge in [0, 0.05) is 38.4 Å². The van der Waals surface area contributed by atoms with Crippen LogP contribution >= 0.6 is 0 Å². The van der Waals surface area contributed by atoms with Crippen molar-refractivity contribution < 1.29 is 23.4 Å². The van der Waals surface area contributed by atoms with Crippen molar-refractivity contribution in [3.8, 4) is 11.4 Å². The number of aromatic nitrogens is 2. The maximum Gasteiger partial charge on any atom is 0.234 e. The van der Waals surface area contributed by atoms with E-state index in [1.807, 2.05) is 13.0 Å². The van der Waals surface area contributed by atoms with Crippen LogP contribution in [0, 0.1) is 24.5 Å². The van der Waals surface area contributed by atoms with Crippen LogP contribution in [0.1, 0.15) is 30.8 Å². The van der Waals surface area contributed by atoms with Crippen molar-refractivity contribution in [2.75, 3.05) is 45.9 Å². The number of aliphatic hydroxyl groups excluding tert-OH is 1. The Morgan fingerprint density at radius 3 is 2.40 bits per heavy atom. The van der Waals surface area contributed by atoms with Crippen molar-refractivity contribution in [2.24, 2.45) is 5.92 Å². The number of hydrogen-bond donors (Lipinski definition) is 2. The Balaban J connectivity index is 1.22. The molecule has 2 N–H and O–H groups in total. The molecule has 216 valence electrons. The molecular weight excluding hydrogens is 516 g/mol. The van der Waals surface area contributed by atoms with Crippen LogP contribution < -0.4 is 10.1 Å². The molecule has 1 aliphatic rings. The third kappa shape index (κ3) is 8.58. The number of nitrogens with one attached hydrogen (secondary N) is 1. The fourth-order valence-corrected chi connectivity index (χ4v) is 4.80. The molecule has 1 fully saturated rings. The van der Waals surface area contributed by atoms with Gasteiger partial charge in [0.2, 0.25) is 5.91 Å². The van der Waals surface area contributed by atoms with Gasteiger partial charge in [-0.1, -0.05) is 19.9 Å². The molecule has 3 aromatic rings. The number of carbonyl (C=O) groups is 1. The second-order valence-corrected chi connectivity index (χ2v) is 10.8. The molecule has 1 saturated heterocycles. The fraction of sp³-hybridized carbons (Fsp3) is 0.467. The number of halogens is 2. The lowest BCUT2D eigenvalue weighted by atomic mass is 10.1. The first-order valence-corrected chi connectivity index (χ1v) is 13.8. The van der Waals surface area contributed by atoms with Crippen molar-refractivity contribution in [1.82, 2.24) is 24.9 Å². The summed E-state index contributed by atoms with van der Waals surface area (Å²) >= 11 is 0.